The van der Waals surface area contributed by atoms with Gasteiger partial charge in [-0.3, -0.25) is 10.1 Å². The quantitative estimate of drug-likeness (QED) is 0.457. The first-order chi connectivity index (χ1) is 13.7. The van der Waals surface area contributed by atoms with Crippen molar-refractivity contribution in [1.29, 1.82) is 0 Å². The first kappa shape index (κ1) is 18.4. The van der Waals surface area contributed by atoms with E-state index in [-0.39, 0.29) is 11.7 Å². The standard InChI is InChI=1S/C20H16N4O2S2/c1-13-19(28-20(21-13)14-6-3-2-4-7-14)15-9-10-18(24-23-15)27-12-16(25)22-17-8-5-11-26-17/h2-11H,12H2,1H3,(H,22,25). The smallest absolute Gasteiger partial charge is 0.237 e. The molecule has 1 aromatic carbocycles. The second-order valence-electron chi connectivity index (χ2n) is 5.87. The summed E-state index contributed by atoms with van der Waals surface area (Å²) in [5.41, 5.74) is 2.79. The average Bonchev–Trinajstić information content (AvgIpc) is 3.37. The third-order valence-corrected chi connectivity index (χ3v) is 5.97. The molecule has 0 aliphatic carbocycles. The second-order valence-corrected chi connectivity index (χ2v) is 7.87. The maximum absolute atomic E-state index is 11.9. The molecule has 1 amide bonds. The SMILES string of the molecule is Cc1nc(-c2ccccc2)sc1-c1ccc(SCC(=O)Nc2ccco2)nn1. The summed E-state index contributed by atoms with van der Waals surface area (Å²) >= 11 is 2.92. The van der Waals surface area contributed by atoms with Gasteiger partial charge in [0.25, 0.3) is 0 Å². The molecule has 0 fully saturated rings. The van der Waals surface area contributed by atoms with Crippen LogP contribution in [-0.4, -0.2) is 26.8 Å². The van der Waals surface area contributed by atoms with E-state index in [1.165, 1.54) is 18.0 Å². The van der Waals surface area contributed by atoms with Crippen LogP contribution in [0, 0.1) is 6.92 Å². The van der Waals surface area contributed by atoms with Crippen molar-refractivity contribution >= 4 is 34.9 Å². The van der Waals surface area contributed by atoms with Gasteiger partial charge in [-0.15, -0.1) is 21.5 Å². The molecular formula is C20H16N4O2S2. The highest BCUT2D eigenvalue weighted by Crippen LogP contribution is 2.34. The Morgan fingerprint density at radius 3 is 2.68 bits per heavy atom. The maximum atomic E-state index is 11.9. The van der Waals surface area contributed by atoms with E-state index in [1.54, 1.807) is 23.5 Å². The molecule has 3 aromatic heterocycles. The highest BCUT2D eigenvalue weighted by Gasteiger charge is 2.13. The fraction of sp³-hybridized carbons (Fsp3) is 0.100. The Bertz CT molecular complexity index is 1060. The van der Waals surface area contributed by atoms with Gasteiger partial charge in [0.2, 0.25) is 5.91 Å². The monoisotopic (exact) mass is 408 g/mol. The first-order valence-corrected chi connectivity index (χ1v) is 10.3. The number of amides is 1. The fourth-order valence-electron chi connectivity index (χ4n) is 2.52. The van der Waals surface area contributed by atoms with Crippen molar-refractivity contribution in [3.63, 3.8) is 0 Å². The van der Waals surface area contributed by atoms with E-state index in [0.29, 0.717) is 10.9 Å². The lowest BCUT2D eigenvalue weighted by Crippen LogP contribution is -2.13. The Morgan fingerprint density at radius 1 is 1.11 bits per heavy atom. The average molecular weight is 409 g/mol. The van der Waals surface area contributed by atoms with Gasteiger partial charge in [0, 0.05) is 11.6 Å². The van der Waals surface area contributed by atoms with E-state index in [2.05, 4.69) is 20.5 Å². The third-order valence-electron chi connectivity index (χ3n) is 3.82. The van der Waals surface area contributed by atoms with Gasteiger partial charge in [-0.2, -0.15) is 0 Å². The summed E-state index contributed by atoms with van der Waals surface area (Å²) in [7, 11) is 0. The number of nitrogens with zero attached hydrogens (tertiary/aromatic N) is 3. The zero-order valence-electron chi connectivity index (χ0n) is 15.0. The summed E-state index contributed by atoms with van der Waals surface area (Å²) < 4.78 is 5.09. The van der Waals surface area contributed by atoms with Crippen LogP contribution in [0.25, 0.3) is 21.1 Å². The summed E-state index contributed by atoms with van der Waals surface area (Å²) in [6.45, 7) is 1.97. The van der Waals surface area contributed by atoms with Crippen LogP contribution in [-0.2, 0) is 4.79 Å². The highest BCUT2D eigenvalue weighted by atomic mass is 32.2. The molecule has 3 heterocycles. The molecule has 0 aliphatic rings. The first-order valence-electron chi connectivity index (χ1n) is 8.52. The third kappa shape index (κ3) is 4.29. The van der Waals surface area contributed by atoms with Crippen LogP contribution >= 0.6 is 23.1 Å². The Labute approximate surface area is 170 Å². The Kier molecular flexibility index (Phi) is 5.50. The van der Waals surface area contributed by atoms with E-state index in [0.717, 1.165) is 26.8 Å². The number of thioether (sulfide) groups is 1. The Balaban J connectivity index is 1.42. The molecule has 0 unspecified atom stereocenters. The van der Waals surface area contributed by atoms with E-state index >= 15 is 0 Å². The molecule has 0 spiro atoms. The predicted molar refractivity (Wildman–Crippen MR) is 111 cm³/mol. The minimum absolute atomic E-state index is 0.156. The van der Waals surface area contributed by atoms with Crippen molar-refractivity contribution in [3.8, 4) is 21.1 Å². The largest absolute Gasteiger partial charge is 0.449 e. The molecule has 1 N–H and O–H groups in total. The number of nitrogens with one attached hydrogen (secondary N) is 1. The van der Waals surface area contributed by atoms with E-state index < -0.39 is 0 Å². The lowest BCUT2D eigenvalue weighted by molar-refractivity contribution is -0.113. The fourth-order valence-corrected chi connectivity index (χ4v) is 4.17. The van der Waals surface area contributed by atoms with Gasteiger partial charge in [0.05, 0.1) is 22.6 Å². The molecule has 4 rings (SSSR count). The predicted octanol–water partition coefficient (Wildman–Crippen LogP) is 4.90. The number of aryl methyl sites for hydroxylation is 1. The lowest BCUT2D eigenvalue weighted by atomic mass is 10.2. The number of benzene rings is 1. The van der Waals surface area contributed by atoms with Crippen LogP contribution in [0.4, 0.5) is 5.88 Å². The van der Waals surface area contributed by atoms with Crippen molar-refractivity contribution in [2.75, 3.05) is 11.1 Å². The normalized spacial score (nSPS) is 10.8. The molecule has 0 saturated heterocycles. The molecule has 140 valence electrons. The Hall–Kier alpha value is -2.97. The van der Waals surface area contributed by atoms with Crippen molar-refractivity contribution in [3.05, 3.63) is 66.6 Å². The molecule has 0 bridgehead atoms. The number of thiazole rings is 1. The van der Waals surface area contributed by atoms with Crippen LogP contribution in [0.1, 0.15) is 5.69 Å². The molecule has 0 saturated carbocycles. The second kappa shape index (κ2) is 8.37. The van der Waals surface area contributed by atoms with Crippen LogP contribution < -0.4 is 5.32 Å². The number of furan rings is 1. The minimum Gasteiger partial charge on any atom is -0.449 e. The summed E-state index contributed by atoms with van der Waals surface area (Å²) in [4.78, 5) is 17.6. The van der Waals surface area contributed by atoms with Crippen molar-refractivity contribution < 1.29 is 9.21 Å². The number of aromatic nitrogens is 3. The number of hydrogen-bond donors (Lipinski definition) is 1. The topological polar surface area (TPSA) is 80.9 Å². The van der Waals surface area contributed by atoms with Gasteiger partial charge in [-0.25, -0.2) is 4.98 Å². The van der Waals surface area contributed by atoms with Gasteiger partial charge in [0.15, 0.2) is 5.88 Å². The number of anilines is 1. The van der Waals surface area contributed by atoms with Crippen LogP contribution in [0.3, 0.4) is 0 Å². The van der Waals surface area contributed by atoms with Crippen LogP contribution in [0.2, 0.25) is 0 Å². The van der Waals surface area contributed by atoms with Crippen LogP contribution in [0.15, 0.2) is 70.3 Å². The summed E-state index contributed by atoms with van der Waals surface area (Å²) in [6, 6.07) is 17.3. The molecule has 0 atom stereocenters. The van der Waals surface area contributed by atoms with Crippen molar-refractivity contribution in [2.24, 2.45) is 0 Å². The van der Waals surface area contributed by atoms with Crippen molar-refractivity contribution in [2.45, 2.75) is 11.9 Å². The van der Waals surface area contributed by atoms with Gasteiger partial charge in [0.1, 0.15) is 15.7 Å². The highest BCUT2D eigenvalue weighted by molar-refractivity contribution is 7.99. The molecular weight excluding hydrogens is 392 g/mol. The zero-order chi connectivity index (χ0) is 19.3. The van der Waals surface area contributed by atoms with E-state index in [9.17, 15) is 4.79 Å². The molecule has 8 heteroatoms. The summed E-state index contributed by atoms with van der Waals surface area (Å²) in [5.74, 6) is 0.505. The minimum atomic E-state index is -0.156. The maximum Gasteiger partial charge on any atom is 0.237 e. The van der Waals surface area contributed by atoms with Gasteiger partial charge in [-0.05, 0) is 25.1 Å². The van der Waals surface area contributed by atoms with Crippen LogP contribution in [0.5, 0.6) is 0 Å². The zero-order valence-corrected chi connectivity index (χ0v) is 16.6. The number of carbonyl (C=O) groups excluding carboxylic acids is 1. The summed E-state index contributed by atoms with van der Waals surface area (Å²) in [6.07, 6.45) is 1.51. The number of hydrogen-bond acceptors (Lipinski definition) is 7. The molecule has 28 heavy (non-hydrogen) atoms. The molecule has 4 aromatic rings. The van der Waals surface area contributed by atoms with Gasteiger partial charge >= 0.3 is 0 Å². The molecule has 6 nitrogen and oxygen atoms in total. The number of carbonyl (C=O) groups is 1. The molecule has 0 aliphatic heterocycles. The van der Waals surface area contributed by atoms with Gasteiger partial charge in [-0.1, -0.05) is 42.1 Å². The molecule has 0 radical (unpaired) electrons. The van der Waals surface area contributed by atoms with E-state index in [1.807, 2.05) is 49.4 Å². The van der Waals surface area contributed by atoms with Crippen molar-refractivity contribution in [1.82, 2.24) is 15.2 Å². The number of rotatable bonds is 6. The van der Waals surface area contributed by atoms with E-state index in [4.69, 9.17) is 4.42 Å². The Morgan fingerprint density at radius 2 is 1.96 bits per heavy atom. The van der Waals surface area contributed by atoms with Gasteiger partial charge < -0.3 is 4.42 Å². The summed E-state index contributed by atoms with van der Waals surface area (Å²) in [5, 5.41) is 12.9. The lowest BCUT2D eigenvalue weighted by Gasteiger charge is -2.02.